The van der Waals surface area contributed by atoms with Crippen LogP contribution in [-0.4, -0.2) is 33.9 Å². The molecule has 0 spiro atoms. The molecule has 0 rings (SSSR count). The number of hydrogen-bond acceptors (Lipinski definition) is 7. The van der Waals surface area contributed by atoms with Gasteiger partial charge in [-0.3, -0.25) is 0 Å². The molecule has 0 saturated carbocycles. The minimum absolute atomic E-state index is 0.150. The Morgan fingerprint density at radius 3 is 1.85 bits per heavy atom. The van der Waals surface area contributed by atoms with Crippen molar-refractivity contribution in [3.05, 3.63) is 12.3 Å². The van der Waals surface area contributed by atoms with Crippen molar-refractivity contribution in [2.24, 2.45) is 5.92 Å². The quantitative estimate of drug-likeness (QED) is 0.102. The van der Waals surface area contributed by atoms with Crippen molar-refractivity contribution in [2.75, 3.05) is 27.9 Å². The molecular weight excluding hydrogens is 340 g/mol. The molecule has 0 aromatic carbocycles. The van der Waals surface area contributed by atoms with Crippen LogP contribution in [0.4, 0.5) is 0 Å². The van der Waals surface area contributed by atoms with E-state index < -0.39 is 5.97 Å². The van der Waals surface area contributed by atoms with Crippen LogP contribution in [0.3, 0.4) is 0 Å². The van der Waals surface area contributed by atoms with Crippen LogP contribution >= 0.6 is 0 Å². The highest BCUT2D eigenvalue weighted by Crippen LogP contribution is 2.34. The molecule has 0 saturated heterocycles. The minimum Gasteiger partial charge on any atom is -0.502 e. The Kier molecular flexibility index (Phi) is 17.2. The summed E-state index contributed by atoms with van der Waals surface area (Å²) in [6.07, 6.45) is 13.1. The molecule has 7 nitrogen and oxygen atoms in total. The third-order valence-electron chi connectivity index (χ3n) is 4.05. The first-order chi connectivity index (χ1) is 12.7. The average molecular weight is 379 g/mol. The Hall–Kier alpha value is -0.700. The number of hydrogen-bond donors (Lipinski definition) is 0. The van der Waals surface area contributed by atoms with E-state index >= 15 is 0 Å². The van der Waals surface area contributed by atoms with E-state index in [1.165, 1.54) is 47.0 Å². The van der Waals surface area contributed by atoms with E-state index in [-0.39, 0.29) is 5.92 Å². The second-order valence-electron chi connectivity index (χ2n) is 6.09. The van der Waals surface area contributed by atoms with Crippen molar-refractivity contribution in [1.82, 2.24) is 0 Å². The lowest BCUT2D eigenvalue weighted by Crippen LogP contribution is -2.46. The summed E-state index contributed by atoms with van der Waals surface area (Å²) in [5.74, 6) is -1.73. The molecule has 0 aliphatic carbocycles. The van der Waals surface area contributed by atoms with Gasteiger partial charge in [-0.2, -0.15) is 14.7 Å². The molecule has 0 amide bonds. The Morgan fingerprint density at radius 1 is 0.769 bits per heavy atom. The first kappa shape index (κ1) is 25.3. The first-order valence-electron chi connectivity index (χ1n) is 9.58. The molecule has 0 radical (unpaired) electrons. The van der Waals surface area contributed by atoms with Crippen molar-refractivity contribution < 1.29 is 34.1 Å². The molecule has 0 aliphatic rings. The van der Waals surface area contributed by atoms with Gasteiger partial charge in [0.05, 0.1) is 34.2 Å². The molecule has 0 fully saturated rings. The lowest BCUT2D eigenvalue weighted by molar-refractivity contribution is -0.635. The van der Waals surface area contributed by atoms with Gasteiger partial charge >= 0.3 is 5.97 Å². The van der Waals surface area contributed by atoms with Crippen LogP contribution in [0.5, 0.6) is 0 Å². The summed E-state index contributed by atoms with van der Waals surface area (Å²) < 4.78 is 5.40. The predicted molar refractivity (Wildman–Crippen MR) is 98.5 cm³/mol. The van der Waals surface area contributed by atoms with Crippen LogP contribution in [-0.2, 0) is 34.1 Å². The summed E-state index contributed by atoms with van der Waals surface area (Å²) in [7, 11) is 4.18. The standard InChI is InChI=1S/C19H38O7/c1-6-8-9-10-11-12-14-18(15-13-17-23-16-7-2)19(24-20-3,25-21-4)26-22-5/h7,16,18H,6,8-15,17H2,1-5H3. The largest absolute Gasteiger partial charge is 0.502 e. The summed E-state index contributed by atoms with van der Waals surface area (Å²) in [5, 5.41) is 0. The Balaban J connectivity index is 4.79. The van der Waals surface area contributed by atoms with Crippen molar-refractivity contribution in [2.45, 2.75) is 77.6 Å². The second-order valence-corrected chi connectivity index (χ2v) is 6.09. The van der Waals surface area contributed by atoms with Crippen LogP contribution in [0.25, 0.3) is 0 Å². The third-order valence-corrected chi connectivity index (χ3v) is 4.05. The lowest BCUT2D eigenvalue weighted by atomic mass is 9.93. The van der Waals surface area contributed by atoms with Gasteiger partial charge in [0.25, 0.3) is 0 Å². The molecule has 156 valence electrons. The van der Waals surface area contributed by atoms with E-state index in [2.05, 4.69) is 6.92 Å². The molecular formula is C19H38O7. The highest BCUT2D eigenvalue weighted by molar-refractivity contribution is 4.71. The third kappa shape index (κ3) is 11.1. The maximum absolute atomic E-state index is 5.40. The monoisotopic (exact) mass is 378 g/mol. The van der Waals surface area contributed by atoms with Crippen LogP contribution in [0.2, 0.25) is 0 Å². The molecule has 0 aromatic rings. The zero-order chi connectivity index (χ0) is 19.5. The van der Waals surface area contributed by atoms with Crippen LogP contribution in [0.15, 0.2) is 12.3 Å². The van der Waals surface area contributed by atoms with Gasteiger partial charge in [-0.15, -0.1) is 0 Å². The van der Waals surface area contributed by atoms with Gasteiger partial charge in [0.2, 0.25) is 0 Å². The smallest absolute Gasteiger partial charge is 0.368 e. The van der Waals surface area contributed by atoms with E-state index in [4.69, 9.17) is 34.1 Å². The summed E-state index contributed by atoms with van der Waals surface area (Å²) in [5.41, 5.74) is 0. The number of rotatable bonds is 19. The van der Waals surface area contributed by atoms with E-state index in [0.717, 1.165) is 32.1 Å². The molecule has 7 heteroatoms. The Morgan fingerprint density at radius 2 is 1.31 bits per heavy atom. The van der Waals surface area contributed by atoms with Gasteiger partial charge in [0.15, 0.2) is 0 Å². The molecule has 0 aromatic heterocycles. The fourth-order valence-corrected chi connectivity index (χ4v) is 2.84. The molecule has 1 atom stereocenters. The van der Waals surface area contributed by atoms with E-state index in [1.54, 1.807) is 6.26 Å². The molecule has 0 aliphatic heterocycles. The second kappa shape index (κ2) is 17.7. The van der Waals surface area contributed by atoms with Crippen molar-refractivity contribution >= 4 is 0 Å². The number of unbranched alkanes of at least 4 members (excludes halogenated alkanes) is 5. The minimum atomic E-state index is -1.58. The zero-order valence-corrected chi connectivity index (χ0v) is 17.2. The van der Waals surface area contributed by atoms with Crippen LogP contribution < -0.4 is 0 Å². The zero-order valence-electron chi connectivity index (χ0n) is 17.2. The molecule has 0 bridgehead atoms. The van der Waals surface area contributed by atoms with Gasteiger partial charge in [0, 0.05) is 5.92 Å². The van der Waals surface area contributed by atoms with Gasteiger partial charge in [-0.1, -0.05) is 51.5 Å². The van der Waals surface area contributed by atoms with Crippen molar-refractivity contribution in [1.29, 1.82) is 0 Å². The van der Waals surface area contributed by atoms with E-state index in [9.17, 15) is 0 Å². The van der Waals surface area contributed by atoms with Crippen LogP contribution in [0, 0.1) is 5.92 Å². The molecule has 26 heavy (non-hydrogen) atoms. The lowest BCUT2D eigenvalue weighted by Gasteiger charge is -2.34. The number of allylic oxidation sites excluding steroid dienone is 1. The average Bonchev–Trinajstić information content (AvgIpc) is 2.63. The van der Waals surface area contributed by atoms with Gasteiger partial charge in [-0.05, 0) is 26.2 Å². The van der Waals surface area contributed by atoms with Crippen molar-refractivity contribution in [3.8, 4) is 0 Å². The summed E-state index contributed by atoms with van der Waals surface area (Å²) >= 11 is 0. The SMILES string of the molecule is CC=COCCCC(CCCCCCCC)C(OOC)(OOC)OOC. The highest BCUT2D eigenvalue weighted by atomic mass is 17.4. The van der Waals surface area contributed by atoms with Crippen LogP contribution in [0.1, 0.15) is 71.6 Å². The first-order valence-corrected chi connectivity index (χ1v) is 9.58. The summed E-state index contributed by atoms with van der Waals surface area (Å²) in [6.45, 7) is 4.73. The van der Waals surface area contributed by atoms with Gasteiger partial charge < -0.3 is 4.74 Å². The molecule has 0 N–H and O–H groups in total. The fraction of sp³-hybridized carbons (Fsp3) is 0.895. The molecule has 1 unspecified atom stereocenters. The van der Waals surface area contributed by atoms with Gasteiger partial charge in [0.1, 0.15) is 0 Å². The summed E-state index contributed by atoms with van der Waals surface area (Å²) in [4.78, 5) is 30.4. The highest BCUT2D eigenvalue weighted by Gasteiger charge is 2.46. The maximum Gasteiger partial charge on any atom is 0.368 e. The topological polar surface area (TPSA) is 64.6 Å². The predicted octanol–water partition coefficient (Wildman–Crippen LogP) is 5.07. The van der Waals surface area contributed by atoms with E-state index in [0.29, 0.717) is 6.61 Å². The van der Waals surface area contributed by atoms with E-state index in [1.807, 2.05) is 13.0 Å². The summed E-state index contributed by atoms with van der Waals surface area (Å²) in [6, 6.07) is 0. The fourth-order valence-electron chi connectivity index (χ4n) is 2.84. The normalized spacial score (nSPS) is 13.4. The van der Waals surface area contributed by atoms with Crippen molar-refractivity contribution in [3.63, 3.8) is 0 Å². The van der Waals surface area contributed by atoms with Gasteiger partial charge in [-0.25, -0.2) is 14.7 Å². The molecule has 0 heterocycles. The maximum atomic E-state index is 5.40. The Bertz CT molecular complexity index is 306. The Labute approximate surface area is 158 Å². The number of ether oxygens (including phenoxy) is 1.